The molecule has 0 radical (unpaired) electrons. The van der Waals surface area contributed by atoms with Crippen LogP contribution in [0.1, 0.15) is 75.3 Å². The maximum absolute atomic E-state index is 10.5. The maximum atomic E-state index is 10.5. The zero-order valence-electron chi connectivity index (χ0n) is 14.5. The second kappa shape index (κ2) is 12.6. The maximum Gasteiger partial charge on any atom is 0.303 e. The first-order valence-electron chi connectivity index (χ1n) is 9.10. The zero-order chi connectivity index (χ0) is 17.6. The number of aliphatic carboxylic acids is 2. The summed E-state index contributed by atoms with van der Waals surface area (Å²) in [6.07, 6.45) is 10.6. The lowest BCUT2D eigenvalue weighted by molar-refractivity contribution is -0.138. The van der Waals surface area contributed by atoms with E-state index in [4.69, 9.17) is 10.2 Å². The van der Waals surface area contributed by atoms with Crippen LogP contribution in [0, 0.1) is 0 Å². The van der Waals surface area contributed by atoms with Gasteiger partial charge in [0.25, 0.3) is 0 Å². The van der Waals surface area contributed by atoms with Gasteiger partial charge in [-0.1, -0.05) is 49.9 Å². The molecule has 0 heterocycles. The summed E-state index contributed by atoms with van der Waals surface area (Å²) < 4.78 is 0. The summed E-state index contributed by atoms with van der Waals surface area (Å²) in [6, 6.07) is 8.54. The van der Waals surface area contributed by atoms with E-state index < -0.39 is 11.9 Å². The van der Waals surface area contributed by atoms with E-state index in [0.717, 1.165) is 64.2 Å². The molecule has 4 nitrogen and oxygen atoms in total. The number of rotatable bonds is 14. The van der Waals surface area contributed by atoms with Crippen molar-refractivity contribution in [1.29, 1.82) is 0 Å². The van der Waals surface area contributed by atoms with Crippen molar-refractivity contribution in [1.82, 2.24) is 0 Å². The molecule has 0 unspecified atom stereocenters. The standard InChI is InChI=1S/C20H30O4/c21-19(22)15-7-3-1-5-11-17-13-9-10-14-18(17)12-6-2-4-8-16-20(23)24/h9-10,13-14H,1-8,11-12,15-16H2,(H,21,22)(H,23,24). The van der Waals surface area contributed by atoms with Crippen LogP contribution in [0.15, 0.2) is 24.3 Å². The highest BCUT2D eigenvalue weighted by Crippen LogP contribution is 2.17. The van der Waals surface area contributed by atoms with E-state index in [1.807, 2.05) is 0 Å². The van der Waals surface area contributed by atoms with Crippen molar-refractivity contribution in [2.45, 2.75) is 77.0 Å². The normalized spacial score (nSPS) is 10.7. The molecule has 0 aliphatic heterocycles. The summed E-state index contributed by atoms with van der Waals surface area (Å²) >= 11 is 0. The number of hydrogen-bond acceptors (Lipinski definition) is 2. The van der Waals surface area contributed by atoms with Crippen molar-refractivity contribution in [3.05, 3.63) is 35.4 Å². The molecule has 1 aromatic rings. The van der Waals surface area contributed by atoms with E-state index in [2.05, 4.69) is 24.3 Å². The first kappa shape index (κ1) is 20.2. The molecule has 4 heteroatoms. The highest BCUT2D eigenvalue weighted by Gasteiger charge is 2.03. The fraction of sp³-hybridized carbons (Fsp3) is 0.600. The van der Waals surface area contributed by atoms with Gasteiger partial charge in [-0.2, -0.15) is 0 Å². The molecule has 0 aliphatic carbocycles. The lowest BCUT2D eigenvalue weighted by atomic mass is 9.96. The largest absolute Gasteiger partial charge is 0.481 e. The van der Waals surface area contributed by atoms with Gasteiger partial charge in [0, 0.05) is 12.8 Å². The van der Waals surface area contributed by atoms with Gasteiger partial charge in [-0.25, -0.2) is 0 Å². The van der Waals surface area contributed by atoms with Crippen LogP contribution in [-0.4, -0.2) is 22.2 Å². The summed E-state index contributed by atoms with van der Waals surface area (Å²) in [7, 11) is 0. The summed E-state index contributed by atoms with van der Waals surface area (Å²) in [5, 5.41) is 17.2. The molecule has 0 bridgehead atoms. The van der Waals surface area contributed by atoms with Crippen molar-refractivity contribution in [2.75, 3.05) is 0 Å². The number of aryl methyl sites for hydroxylation is 2. The Balaban J connectivity index is 2.21. The molecule has 0 fully saturated rings. The Labute approximate surface area is 144 Å². The summed E-state index contributed by atoms with van der Waals surface area (Å²) in [5.41, 5.74) is 2.81. The average Bonchev–Trinajstić information content (AvgIpc) is 2.54. The van der Waals surface area contributed by atoms with Crippen molar-refractivity contribution in [3.63, 3.8) is 0 Å². The van der Waals surface area contributed by atoms with Gasteiger partial charge in [-0.3, -0.25) is 9.59 Å². The average molecular weight is 334 g/mol. The van der Waals surface area contributed by atoms with E-state index in [1.54, 1.807) is 0 Å². The molecular formula is C20H30O4. The van der Waals surface area contributed by atoms with Gasteiger partial charge in [-0.05, 0) is 49.7 Å². The van der Waals surface area contributed by atoms with Crippen LogP contribution in [0.3, 0.4) is 0 Å². The predicted octanol–water partition coefficient (Wildman–Crippen LogP) is 4.84. The molecule has 1 aromatic carbocycles. The van der Waals surface area contributed by atoms with Gasteiger partial charge in [-0.15, -0.1) is 0 Å². The number of hydrogen-bond donors (Lipinski definition) is 2. The predicted molar refractivity (Wildman–Crippen MR) is 95.3 cm³/mol. The third kappa shape index (κ3) is 10.0. The molecule has 0 atom stereocenters. The summed E-state index contributed by atoms with van der Waals surface area (Å²) in [6.45, 7) is 0. The van der Waals surface area contributed by atoms with Crippen LogP contribution in [0.2, 0.25) is 0 Å². The molecule has 2 N–H and O–H groups in total. The number of carboxylic acid groups (broad SMARTS) is 2. The van der Waals surface area contributed by atoms with E-state index in [0.29, 0.717) is 0 Å². The minimum Gasteiger partial charge on any atom is -0.481 e. The van der Waals surface area contributed by atoms with Crippen molar-refractivity contribution in [3.8, 4) is 0 Å². The molecule has 24 heavy (non-hydrogen) atoms. The van der Waals surface area contributed by atoms with E-state index in [9.17, 15) is 9.59 Å². The molecule has 0 aromatic heterocycles. The van der Waals surface area contributed by atoms with E-state index >= 15 is 0 Å². The first-order chi connectivity index (χ1) is 11.6. The van der Waals surface area contributed by atoms with Crippen molar-refractivity contribution < 1.29 is 19.8 Å². The number of carbonyl (C=O) groups is 2. The van der Waals surface area contributed by atoms with Crippen LogP contribution >= 0.6 is 0 Å². The molecule has 134 valence electrons. The smallest absolute Gasteiger partial charge is 0.303 e. The van der Waals surface area contributed by atoms with Crippen molar-refractivity contribution in [2.24, 2.45) is 0 Å². The fourth-order valence-electron chi connectivity index (χ4n) is 2.94. The second-order valence-electron chi connectivity index (χ2n) is 6.38. The summed E-state index contributed by atoms with van der Waals surface area (Å²) in [5.74, 6) is -1.41. The molecular weight excluding hydrogens is 304 g/mol. The second-order valence-corrected chi connectivity index (χ2v) is 6.38. The van der Waals surface area contributed by atoms with Crippen LogP contribution in [0.5, 0.6) is 0 Å². The minimum atomic E-state index is -0.705. The number of carboxylic acids is 2. The van der Waals surface area contributed by atoms with Crippen LogP contribution in [0.25, 0.3) is 0 Å². The summed E-state index contributed by atoms with van der Waals surface area (Å²) in [4.78, 5) is 20.9. The SMILES string of the molecule is O=C(O)CCCCCCc1ccccc1CCCCCCC(=O)O. The Kier molecular flexibility index (Phi) is 10.6. The van der Waals surface area contributed by atoms with E-state index in [1.165, 1.54) is 11.1 Å². The highest BCUT2D eigenvalue weighted by atomic mass is 16.4. The Morgan fingerprint density at radius 2 is 1.00 bits per heavy atom. The Morgan fingerprint density at radius 1 is 0.625 bits per heavy atom. The number of unbranched alkanes of at least 4 members (excludes halogenated alkanes) is 6. The quantitative estimate of drug-likeness (QED) is 0.477. The Hall–Kier alpha value is -1.84. The van der Waals surface area contributed by atoms with Crippen molar-refractivity contribution >= 4 is 11.9 Å². The third-order valence-corrected chi connectivity index (χ3v) is 4.29. The van der Waals surface area contributed by atoms with Gasteiger partial charge >= 0.3 is 11.9 Å². The lowest BCUT2D eigenvalue weighted by Gasteiger charge is -2.09. The number of benzene rings is 1. The van der Waals surface area contributed by atoms with Gasteiger partial charge in [0.1, 0.15) is 0 Å². The van der Waals surface area contributed by atoms with Gasteiger partial charge in [0.05, 0.1) is 0 Å². The molecule has 1 rings (SSSR count). The zero-order valence-corrected chi connectivity index (χ0v) is 14.5. The monoisotopic (exact) mass is 334 g/mol. The first-order valence-corrected chi connectivity index (χ1v) is 9.10. The minimum absolute atomic E-state index is 0.276. The third-order valence-electron chi connectivity index (χ3n) is 4.29. The van der Waals surface area contributed by atoms with Gasteiger partial charge in [0.2, 0.25) is 0 Å². The Morgan fingerprint density at radius 3 is 1.38 bits per heavy atom. The van der Waals surface area contributed by atoms with Crippen LogP contribution in [0.4, 0.5) is 0 Å². The van der Waals surface area contributed by atoms with Crippen LogP contribution < -0.4 is 0 Å². The molecule has 0 saturated carbocycles. The topological polar surface area (TPSA) is 74.6 Å². The lowest BCUT2D eigenvalue weighted by Crippen LogP contribution is -1.97. The molecule has 0 saturated heterocycles. The van der Waals surface area contributed by atoms with E-state index in [-0.39, 0.29) is 12.8 Å². The Bertz CT molecular complexity index is 451. The highest BCUT2D eigenvalue weighted by molar-refractivity contribution is 5.66. The van der Waals surface area contributed by atoms with Crippen LogP contribution in [-0.2, 0) is 22.4 Å². The molecule has 0 aliphatic rings. The molecule has 0 amide bonds. The fourth-order valence-corrected chi connectivity index (χ4v) is 2.94. The van der Waals surface area contributed by atoms with Gasteiger partial charge < -0.3 is 10.2 Å². The molecule has 0 spiro atoms. The van der Waals surface area contributed by atoms with Gasteiger partial charge in [0.15, 0.2) is 0 Å².